The van der Waals surface area contributed by atoms with E-state index in [2.05, 4.69) is 41.6 Å². The van der Waals surface area contributed by atoms with Gasteiger partial charge in [0.1, 0.15) is 0 Å². The van der Waals surface area contributed by atoms with Crippen molar-refractivity contribution in [3.8, 4) is 0 Å². The number of benzene rings is 1. The summed E-state index contributed by atoms with van der Waals surface area (Å²) in [4.78, 5) is 7.20. The van der Waals surface area contributed by atoms with Gasteiger partial charge in [0.15, 0.2) is 0 Å². The van der Waals surface area contributed by atoms with Crippen LogP contribution in [0.4, 0.5) is 5.95 Å². The second-order valence-electron chi connectivity index (χ2n) is 5.58. The summed E-state index contributed by atoms with van der Waals surface area (Å²) < 4.78 is 2.19. The molecule has 2 N–H and O–H groups in total. The fourth-order valence-electron chi connectivity index (χ4n) is 3.25. The molecule has 1 fully saturated rings. The average Bonchev–Trinajstić information content (AvgIpc) is 2.76. The van der Waals surface area contributed by atoms with Crippen molar-refractivity contribution in [1.29, 1.82) is 0 Å². The molecule has 1 aliphatic rings. The molecule has 0 bridgehead atoms. The number of nitrogens with two attached hydrogens (primary N) is 1. The lowest BCUT2D eigenvalue weighted by atomic mass is 9.91. The molecule has 0 amide bonds. The van der Waals surface area contributed by atoms with Crippen LogP contribution in [0.1, 0.15) is 19.8 Å². The maximum Gasteiger partial charge on any atom is 0.206 e. The van der Waals surface area contributed by atoms with Crippen LogP contribution in [-0.4, -0.2) is 28.7 Å². The largest absolute Gasteiger partial charge is 0.338 e. The molecule has 0 radical (unpaired) electrons. The third-order valence-corrected chi connectivity index (χ3v) is 4.38. The van der Waals surface area contributed by atoms with E-state index < -0.39 is 0 Å². The predicted octanol–water partition coefficient (Wildman–Crippen LogP) is 2.14. The normalized spacial score (nSPS) is 24.1. The third kappa shape index (κ3) is 2.00. The van der Waals surface area contributed by atoms with Gasteiger partial charge in [-0.3, -0.25) is 0 Å². The Balaban J connectivity index is 2.05. The number of imidazole rings is 1. The van der Waals surface area contributed by atoms with Crippen molar-refractivity contribution < 1.29 is 0 Å². The van der Waals surface area contributed by atoms with Crippen molar-refractivity contribution in [3.05, 3.63) is 24.3 Å². The molecule has 1 aromatic carbocycles. The van der Waals surface area contributed by atoms with Crippen LogP contribution in [0.25, 0.3) is 11.0 Å². The van der Waals surface area contributed by atoms with E-state index in [4.69, 9.17) is 10.7 Å². The van der Waals surface area contributed by atoms with Gasteiger partial charge in [-0.05, 0) is 30.9 Å². The first kappa shape index (κ1) is 12.5. The molecular weight excluding hydrogens is 236 g/mol. The van der Waals surface area contributed by atoms with Gasteiger partial charge in [-0.2, -0.15) is 0 Å². The minimum Gasteiger partial charge on any atom is -0.338 e. The van der Waals surface area contributed by atoms with Gasteiger partial charge in [0, 0.05) is 26.2 Å². The molecule has 4 heteroatoms. The number of nitrogens with zero attached hydrogens (tertiary/aromatic N) is 3. The zero-order valence-corrected chi connectivity index (χ0v) is 11.7. The van der Waals surface area contributed by atoms with Crippen molar-refractivity contribution in [2.24, 2.45) is 18.7 Å². The van der Waals surface area contributed by atoms with Crippen LogP contribution in [0, 0.1) is 5.92 Å². The average molecular weight is 258 g/mol. The Hall–Kier alpha value is -1.55. The van der Waals surface area contributed by atoms with Crippen LogP contribution in [0.3, 0.4) is 0 Å². The molecule has 3 rings (SSSR count). The van der Waals surface area contributed by atoms with Gasteiger partial charge >= 0.3 is 0 Å². The third-order valence-electron chi connectivity index (χ3n) is 4.38. The van der Waals surface area contributed by atoms with Gasteiger partial charge in [-0.25, -0.2) is 4.98 Å². The Kier molecular flexibility index (Phi) is 3.19. The van der Waals surface area contributed by atoms with Gasteiger partial charge in [-0.1, -0.05) is 19.1 Å². The lowest BCUT2D eigenvalue weighted by Crippen LogP contribution is -2.49. The molecule has 2 atom stereocenters. The topological polar surface area (TPSA) is 47.1 Å². The lowest BCUT2D eigenvalue weighted by molar-refractivity contribution is 0.344. The SMILES string of the molecule is CC1CCCN(c2nc3ccccc3n2C)C1CN. The number of aromatic nitrogens is 2. The smallest absolute Gasteiger partial charge is 0.206 e. The molecule has 2 unspecified atom stereocenters. The van der Waals surface area contributed by atoms with E-state index in [9.17, 15) is 0 Å². The highest BCUT2D eigenvalue weighted by atomic mass is 15.3. The van der Waals surface area contributed by atoms with E-state index in [1.807, 2.05) is 6.07 Å². The number of piperidine rings is 1. The zero-order valence-electron chi connectivity index (χ0n) is 11.7. The van der Waals surface area contributed by atoms with Crippen molar-refractivity contribution in [3.63, 3.8) is 0 Å². The summed E-state index contributed by atoms with van der Waals surface area (Å²) in [7, 11) is 2.09. The fraction of sp³-hybridized carbons (Fsp3) is 0.533. The standard InChI is InChI=1S/C15H22N4/c1-11-6-5-9-19(14(11)10-16)15-17-12-7-3-4-8-13(12)18(15)2/h3-4,7-8,11,14H,5-6,9-10,16H2,1-2H3. The number of aryl methyl sites for hydroxylation is 1. The highest BCUT2D eigenvalue weighted by Gasteiger charge is 2.30. The number of fused-ring (bicyclic) bond motifs is 1. The quantitative estimate of drug-likeness (QED) is 0.897. The second-order valence-corrected chi connectivity index (χ2v) is 5.58. The molecule has 0 saturated carbocycles. The molecule has 2 aromatic rings. The summed E-state index contributed by atoms with van der Waals surface area (Å²) in [6.07, 6.45) is 2.49. The van der Waals surface area contributed by atoms with Crippen LogP contribution < -0.4 is 10.6 Å². The maximum absolute atomic E-state index is 5.99. The molecule has 0 aliphatic carbocycles. The Labute approximate surface area is 114 Å². The van der Waals surface area contributed by atoms with Gasteiger partial charge in [0.25, 0.3) is 0 Å². The zero-order chi connectivity index (χ0) is 13.4. The highest BCUT2D eigenvalue weighted by Crippen LogP contribution is 2.29. The molecule has 1 aliphatic heterocycles. The van der Waals surface area contributed by atoms with E-state index in [1.165, 1.54) is 18.4 Å². The molecule has 19 heavy (non-hydrogen) atoms. The van der Waals surface area contributed by atoms with E-state index in [0.29, 0.717) is 18.5 Å². The maximum atomic E-state index is 5.99. The van der Waals surface area contributed by atoms with Gasteiger partial charge in [0.05, 0.1) is 11.0 Å². The lowest BCUT2D eigenvalue weighted by Gasteiger charge is -2.40. The predicted molar refractivity (Wildman–Crippen MR) is 79.3 cm³/mol. The fourth-order valence-corrected chi connectivity index (χ4v) is 3.25. The summed E-state index contributed by atoms with van der Waals surface area (Å²) in [5.74, 6) is 1.70. The monoisotopic (exact) mass is 258 g/mol. The van der Waals surface area contributed by atoms with Crippen molar-refractivity contribution in [2.45, 2.75) is 25.8 Å². The van der Waals surface area contributed by atoms with Gasteiger partial charge in [0.2, 0.25) is 5.95 Å². The number of anilines is 1. The van der Waals surface area contributed by atoms with E-state index >= 15 is 0 Å². The number of para-hydroxylation sites is 2. The van der Waals surface area contributed by atoms with Crippen LogP contribution in [0.5, 0.6) is 0 Å². The Morgan fingerprint density at radius 3 is 2.89 bits per heavy atom. The van der Waals surface area contributed by atoms with Crippen LogP contribution in [0.15, 0.2) is 24.3 Å². The molecular formula is C15H22N4. The summed E-state index contributed by atoms with van der Waals surface area (Å²) in [5, 5.41) is 0. The minimum atomic E-state index is 0.407. The Morgan fingerprint density at radius 1 is 1.37 bits per heavy atom. The Bertz CT molecular complexity index is 575. The number of hydrogen-bond acceptors (Lipinski definition) is 3. The highest BCUT2D eigenvalue weighted by molar-refractivity contribution is 5.78. The first-order valence-electron chi connectivity index (χ1n) is 7.10. The second kappa shape index (κ2) is 4.85. The van der Waals surface area contributed by atoms with E-state index in [-0.39, 0.29) is 0 Å². The van der Waals surface area contributed by atoms with Gasteiger partial charge in [-0.15, -0.1) is 0 Å². The number of rotatable bonds is 2. The summed E-state index contributed by atoms with van der Waals surface area (Å²) >= 11 is 0. The van der Waals surface area contributed by atoms with Gasteiger partial charge < -0.3 is 15.2 Å². The van der Waals surface area contributed by atoms with Crippen molar-refractivity contribution >= 4 is 17.0 Å². The minimum absolute atomic E-state index is 0.407. The van der Waals surface area contributed by atoms with Crippen molar-refractivity contribution in [2.75, 3.05) is 18.0 Å². The molecule has 102 valence electrons. The van der Waals surface area contributed by atoms with Crippen LogP contribution in [0.2, 0.25) is 0 Å². The molecule has 0 spiro atoms. The van der Waals surface area contributed by atoms with Crippen molar-refractivity contribution in [1.82, 2.24) is 9.55 Å². The summed E-state index contributed by atoms with van der Waals surface area (Å²) in [5.41, 5.74) is 8.24. The molecule has 1 aromatic heterocycles. The summed E-state index contributed by atoms with van der Waals surface area (Å²) in [6, 6.07) is 8.70. The number of hydrogen-bond donors (Lipinski definition) is 1. The van der Waals surface area contributed by atoms with Crippen LogP contribution >= 0.6 is 0 Å². The molecule has 4 nitrogen and oxygen atoms in total. The van der Waals surface area contributed by atoms with E-state index in [0.717, 1.165) is 18.0 Å². The summed E-state index contributed by atoms with van der Waals surface area (Å²) in [6.45, 7) is 4.06. The first-order valence-corrected chi connectivity index (χ1v) is 7.10. The first-order chi connectivity index (χ1) is 9.22. The molecule has 1 saturated heterocycles. The van der Waals surface area contributed by atoms with Crippen LogP contribution in [-0.2, 0) is 7.05 Å². The van der Waals surface area contributed by atoms with E-state index in [1.54, 1.807) is 0 Å². The molecule has 2 heterocycles. The Morgan fingerprint density at radius 2 is 2.16 bits per heavy atom.